The van der Waals surface area contributed by atoms with Crippen LogP contribution in [0.25, 0.3) is 0 Å². The lowest BCUT2D eigenvalue weighted by Crippen LogP contribution is -2.40. The fourth-order valence-electron chi connectivity index (χ4n) is 2.13. The number of guanidine groups is 1. The molecular weight excluding hydrogens is 274 g/mol. The molecule has 4 nitrogen and oxygen atoms in total. The number of ether oxygens (including phenoxy) is 1. The van der Waals surface area contributed by atoms with Crippen molar-refractivity contribution in [1.29, 1.82) is 0 Å². The molecule has 0 fully saturated rings. The van der Waals surface area contributed by atoms with Crippen molar-refractivity contribution in [2.24, 2.45) is 10.9 Å². The van der Waals surface area contributed by atoms with Crippen molar-refractivity contribution < 1.29 is 4.74 Å². The van der Waals surface area contributed by atoms with E-state index in [1.807, 2.05) is 0 Å². The lowest BCUT2D eigenvalue weighted by Gasteiger charge is -2.17. The van der Waals surface area contributed by atoms with Gasteiger partial charge in [-0.25, -0.2) is 0 Å². The van der Waals surface area contributed by atoms with Gasteiger partial charge in [0.05, 0.1) is 6.61 Å². The van der Waals surface area contributed by atoms with E-state index in [1.165, 1.54) is 11.1 Å². The second-order valence-corrected chi connectivity index (χ2v) is 6.16. The van der Waals surface area contributed by atoms with E-state index in [-0.39, 0.29) is 0 Å². The molecule has 1 aromatic rings. The van der Waals surface area contributed by atoms with E-state index in [1.54, 1.807) is 7.05 Å². The maximum absolute atomic E-state index is 5.55. The lowest BCUT2D eigenvalue weighted by molar-refractivity contribution is 0.114. The third-order valence-electron chi connectivity index (χ3n) is 3.40. The Morgan fingerprint density at radius 1 is 1.23 bits per heavy atom. The van der Waals surface area contributed by atoms with Gasteiger partial charge in [-0.1, -0.05) is 50.6 Å². The molecule has 0 aromatic heterocycles. The number of nitrogens with one attached hydrogen (secondary N) is 2. The smallest absolute Gasteiger partial charge is 0.191 e. The van der Waals surface area contributed by atoms with E-state index < -0.39 is 0 Å². The molecule has 0 spiro atoms. The second-order valence-electron chi connectivity index (χ2n) is 6.16. The van der Waals surface area contributed by atoms with Gasteiger partial charge in [-0.15, -0.1) is 0 Å². The van der Waals surface area contributed by atoms with Crippen LogP contribution < -0.4 is 10.6 Å². The number of aliphatic imine (C=N–C) groups is 1. The first kappa shape index (κ1) is 18.5. The number of hydrogen-bond donors (Lipinski definition) is 2. The van der Waals surface area contributed by atoms with E-state index in [4.69, 9.17) is 4.74 Å². The van der Waals surface area contributed by atoms with Crippen LogP contribution >= 0.6 is 0 Å². The number of benzene rings is 1. The predicted octanol–water partition coefficient (Wildman–Crippen LogP) is 2.94. The standard InChI is InChI=1S/C18H31N3O/c1-14(2)13-22-10-9-20-18(19-5)21-12-16(4)17-8-6-7-15(3)11-17/h6-8,11,14,16H,9-10,12-13H2,1-5H3,(H2,19,20,21). The van der Waals surface area contributed by atoms with Crippen molar-refractivity contribution in [1.82, 2.24) is 10.6 Å². The summed E-state index contributed by atoms with van der Waals surface area (Å²) in [5, 5.41) is 6.65. The van der Waals surface area contributed by atoms with E-state index in [2.05, 4.69) is 67.6 Å². The summed E-state index contributed by atoms with van der Waals surface area (Å²) in [4.78, 5) is 4.24. The highest BCUT2D eigenvalue weighted by atomic mass is 16.5. The van der Waals surface area contributed by atoms with Crippen molar-refractivity contribution in [2.75, 3.05) is 33.4 Å². The number of aryl methyl sites for hydroxylation is 1. The van der Waals surface area contributed by atoms with Crippen LogP contribution in [-0.2, 0) is 4.74 Å². The molecular formula is C18H31N3O. The minimum atomic E-state index is 0.440. The molecule has 0 saturated heterocycles. The van der Waals surface area contributed by atoms with E-state index in [0.29, 0.717) is 18.4 Å². The Kier molecular flexibility index (Phi) is 8.60. The molecule has 0 aliphatic carbocycles. The Labute approximate surface area is 135 Å². The average Bonchev–Trinajstić information content (AvgIpc) is 2.49. The fraction of sp³-hybridized carbons (Fsp3) is 0.611. The van der Waals surface area contributed by atoms with Crippen LogP contribution in [0.5, 0.6) is 0 Å². The highest BCUT2D eigenvalue weighted by Crippen LogP contribution is 2.15. The monoisotopic (exact) mass is 305 g/mol. The molecule has 0 saturated carbocycles. The zero-order valence-corrected chi connectivity index (χ0v) is 14.6. The highest BCUT2D eigenvalue weighted by Gasteiger charge is 2.06. The summed E-state index contributed by atoms with van der Waals surface area (Å²) in [7, 11) is 1.79. The first-order valence-electron chi connectivity index (χ1n) is 8.11. The van der Waals surface area contributed by atoms with Gasteiger partial charge in [-0.3, -0.25) is 4.99 Å². The minimum Gasteiger partial charge on any atom is -0.379 e. The van der Waals surface area contributed by atoms with Crippen molar-refractivity contribution >= 4 is 5.96 Å². The van der Waals surface area contributed by atoms with Crippen molar-refractivity contribution in [3.63, 3.8) is 0 Å². The normalized spacial score (nSPS) is 13.3. The molecule has 22 heavy (non-hydrogen) atoms. The lowest BCUT2D eigenvalue weighted by atomic mass is 9.99. The van der Waals surface area contributed by atoms with Crippen LogP contribution in [0, 0.1) is 12.8 Å². The fourth-order valence-corrected chi connectivity index (χ4v) is 2.13. The number of hydrogen-bond acceptors (Lipinski definition) is 2. The molecule has 124 valence electrons. The van der Waals surface area contributed by atoms with Crippen LogP contribution in [0.2, 0.25) is 0 Å². The van der Waals surface area contributed by atoms with Gasteiger partial charge in [-0.2, -0.15) is 0 Å². The van der Waals surface area contributed by atoms with Crippen molar-refractivity contribution in [3.05, 3.63) is 35.4 Å². The SMILES string of the molecule is CN=C(NCCOCC(C)C)NCC(C)c1cccc(C)c1. The van der Waals surface area contributed by atoms with Gasteiger partial charge >= 0.3 is 0 Å². The molecule has 0 bridgehead atoms. The Hall–Kier alpha value is -1.55. The van der Waals surface area contributed by atoms with E-state index in [9.17, 15) is 0 Å². The van der Waals surface area contributed by atoms with Crippen LogP contribution in [0.1, 0.15) is 37.8 Å². The Morgan fingerprint density at radius 2 is 2.00 bits per heavy atom. The van der Waals surface area contributed by atoms with Gasteiger partial charge in [-0.05, 0) is 24.3 Å². The first-order chi connectivity index (χ1) is 10.5. The van der Waals surface area contributed by atoms with Crippen molar-refractivity contribution in [2.45, 2.75) is 33.6 Å². The topological polar surface area (TPSA) is 45.7 Å². The molecule has 0 aliphatic rings. The average molecular weight is 305 g/mol. The van der Waals surface area contributed by atoms with Crippen LogP contribution in [0.3, 0.4) is 0 Å². The van der Waals surface area contributed by atoms with Crippen molar-refractivity contribution in [3.8, 4) is 0 Å². The van der Waals surface area contributed by atoms with E-state index >= 15 is 0 Å². The maximum Gasteiger partial charge on any atom is 0.191 e. The van der Waals surface area contributed by atoms with Gasteiger partial charge in [0.15, 0.2) is 5.96 Å². The number of rotatable bonds is 8. The molecule has 2 N–H and O–H groups in total. The molecule has 1 unspecified atom stereocenters. The van der Waals surface area contributed by atoms with Gasteiger partial charge in [0, 0.05) is 26.7 Å². The van der Waals surface area contributed by atoms with Crippen LogP contribution in [0.15, 0.2) is 29.3 Å². The number of nitrogens with zero attached hydrogens (tertiary/aromatic N) is 1. The van der Waals surface area contributed by atoms with E-state index in [0.717, 1.165) is 25.7 Å². The quantitative estimate of drug-likeness (QED) is 0.441. The third-order valence-corrected chi connectivity index (χ3v) is 3.40. The molecule has 0 aliphatic heterocycles. The summed E-state index contributed by atoms with van der Waals surface area (Å²) in [6.07, 6.45) is 0. The van der Waals surface area contributed by atoms with Gasteiger partial charge in [0.1, 0.15) is 0 Å². The predicted molar refractivity (Wildman–Crippen MR) is 94.6 cm³/mol. The summed E-state index contributed by atoms with van der Waals surface area (Å²) in [5.74, 6) is 1.84. The van der Waals surface area contributed by atoms with Crippen LogP contribution in [0.4, 0.5) is 0 Å². The maximum atomic E-state index is 5.55. The Morgan fingerprint density at radius 3 is 2.64 bits per heavy atom. The molecule has 1 rings (SSSR count). The molecule has 1 atom stereocenters. The Balaban J connectivity index is 2.29. The van der Waals surface area contributed by atoms with Crippen LogP contribution in [-0.4, -0.2) is 39.3 Å². The third kappa shape index (κ3) is 7.46. The molecule has 0 radical (unpaired) electrons. The zero-order valence-electron chi connectivity index (χ0n) is 14.6. The molecule has 4 heteroatoms. The summed E-state index contributed by atoms with van der Waals surface area (Å²) in [5.41, 5.74) is 2.65. The summed E-state index contributed by atoms with van der Waals surface area (Å²) < 4.78 is 5.55. The molecule has 0 heterocycles. The van der Waals surface area contributed by atoms with Gasteiger partial charge in [0.2, 0.25) is 0 Å². The Bertz CT molecular complexity index is 457. The highest BCUT2D eigenvalue weighted by molar-refractivity contribution is 5.79. The first-order valence-corrected chi connectivity index (χ1v) is 8.11. The summed E-state index contributed by atoms with van der Waals surface area (Å²) in [6, 6.07) is 8.65. The summed E-state index contributed by atoms with van der Waals surface area (Å²) >= 11 is 0. The largest absolute Gasteiger partial charge is 0.379 e. The summed E-state index contributed by atoms with van der Waals surface area (Å²) in [6.45, 7) is 11.8. The minimum absolute atomic E-state index is 0.440. The van der Waals surface area contributed by atoms with Gasteiger partial charge in [0.25, 0.3) is 0 Å². The molecule has 0 amide bonds. The zero-order chi connectivity index (χ0) is 16.4. The molecule has 1 aromatic carbocycles. The second kappa shape index (κ2) is 10.2. The van der Waals surface area contributed by atoms with Gasteiger partial charge < -0.3 is 15.4 Å².